The number of anilines is 1. The molecule has 0 heterocycles. The van der Waals surface area contributed by atoms with Crippen LogP contribution < -0.4 is 10.1 Å². The third-order valence-electron chi connectivity index (χ3n) is 2.97. The molecule has 3 nitrogen and oxygen atoms in total. The Morgan fingerprint density at radius 3 is 2.63 bits per heavy atom. The summed E-state index contributed by atoms with van der Waals surface area (Å²) in [7, 11) is 0. The van der Waals surface area contributed by atoms with Crippen LogP contribution in [0.15, 0.2) is 18.2 Å². The first kappa shape index (κ1) is 15.5. The number of hydrogen-bond donors (Lipinski definition) is 1. The SMILES string of the molecule is CCCCOc1c(CC)cccc1NC(=O)CCC. The summed E-state index contributed by atoms with van der Waals surface area (Å²) >= 11 is 0. The van der Waals surface area contributed by atoms with Crippen LogP contribution in [0, 0.1) is 0 Å². The second-order valence-electron chi connectivity index (χ2n) is 4.65. The summed E-state index contributed by atoms with van der Waals surface area (Å²) in [6.45, 7) is 6.93. The molecular weight excluding hydrogens is 238 g/mol. The molecule has 1 aromatic rings. The number of unbranched alkanes of at least 4 members (excludes halogenated alkanes) is 1. The predicted molar refractivity (Wildman–Crippen MR) is 79.8 cm³/mol. The van der Waals surface area contributed by atoms with Gasteiger partial charge in [0.2, 0.25) is 5.91 Å². The van der Waals surface area contributed by atoms with E-state index in [1.807, 2.05) is 19.1 Å². The highest BCUT2D eigenvalue weighted by Crippen LogP contribution is 2.30. The van der Waals surface area contributed by atoms with Gasteiger partial charge >= 0.3 is 0 Å². The minimum atomic E-state index is 0.0519. The minimum Gasteiger partial charge on any atom is -0.491 e. The molecule has 0 bridgehead atoms. The maximum Gasteiger partial charge on any atom is 0.224 e. The summed E-state index contributed by atoms with van der Waals surface area (Å²) in [6.07, 6.45) is 4.43. The molecule has 106 valence electrons. The molecule has 0 aliphatic carbocycles. The van der Waals surface area contributed by atoms with Crippen LogP contribution in [0.3, 0.4) is 0 Å². The second kappa shape index (κ2) is 8.57. The van der Waals surface area contributed by atoms with Crippen molar-refractivity contribution in [1.82, 2.24) is 0 Å². The van der Waals surface area contributed by atoms with Gasteiger partial charge in [0.1, 0.15) is 5.75 Å². The first-order valence-electron chi connectivity index (χ1n) is 7.27. The van der Waals surface area contributed by atoms with Gasteiger partial charge in [0.05, 0.1) is 12.3 Å². The summed E-state index contributed by atoms with van der Waals surface area (Å²) < 4.78 is 5.86. The summed E-state index contributed by atoms with van der Waals surface area (Å²) in [6, 6.07) is 5.93. The average Bonchev–Trinajstić information content (AvgIpc) is 2.40. The smallest absolute Gasteiger partial charge is 0.224 e. The molecule has 1 rings (SSSR count). The van der Waals surface area contributed by atoms with E-state index in [4.69, 9.17) is 4.74 Å². The number of carbonyl (C=O) groups excluding carboxylic acids is 1. The zero-order valence-electron chi connectivity index (χ0n) is 12.3. The van der Waals surface area contributed by atoms with E-state index in [-0.39, 0.29) is 5.91 Å². The molecule has 0 unspecified atom stereocenters. The highest BCUT2D eigenvalue weighted by molar-refractivity contribution is 5.92. The summed E-state index contributed by atoms with van der Waals surface area (Å²) in [4.78, 5) is 11.7. The fourth-order valence-electron chi connectivity index (χ4n) is 1.89. The van der Waals surface area contributed by atoms with E-state index in [9.17, 15) is 4.79 Å². The number of rotatable bonds is 8. The number of carbonyl (C=O) groups is 1. The molecular formula is C16H25NO2. The van der Waals surface area contributed by atoms with Gasteiger partial charge in [-0.2, -0.15) is 0 Å². The molecule has 0 spiro atoms. The van der Waals surface area contributed by atoms with Crippen molar-refractivity contribution in [3.8, 4) is 5.75 Å². The molecule has 1 aromatic carbocycles. The van der Waals surface area contributed by atoms with Gasteiger partial charge < -0.3 is 10.1 Å². The fourth-order valence-corrected chi connectivity index (χ4v) is 1.89. The maximum atomic E-state index is 11.7. The van der Waals surface area contributed by atoms with Crippen molar-refractivity contribution in [3.63, 3.8) is 0 Å². The molecule has 0 fully saturated rings. The van der Waals surface area contributed by atoms with Crippen molar-refractivity contribution in [3.05, 3.63) is 23.8 Å². The third kappa shape index (κ3) is 4.93. The standard InChI is InChI=1S/C16H25NO2/c1-4-7-12-19-16-13(6-3)10-8-11-14(16)17-15(18)9-5-2/h8,10-11H,4-7,9,12H2,1-3H3,(H,17,18). The van der Waals surface area contributed by atoms with Crippen LogP contribution in [0.5, 0.6) is 5.75 Å². The Bertz CT molecular complexity index is 402. The lowest BCUT2D eigenvalue weighted by molar-refractivity contribution is -0.116. The molecule has 3 heteroatoms. The van der Waals surface area contributed by atoms with Crippen molar-refractivity contribution in [1.29, 1.82) is 0 Å². The number of benzene rings is 1. The Balaban J connectivity index is 2.85. The molecule has 19 heavy (non-hydrogen) atoms. The fraction of sp³-hybridized carbons (Fsp3) is 0.562. The number of nitrogens with one attached hydrogen (secondary N) is 1. The third-order valence-corrected chi connectivity index (χ3v) is 2.97. The van der Waals surface area contributed by atoms with Gasteiger partial charge in [-0.25, -0.2) is 0 Å². The van der Waals surface area contributed by atoms with Gasteiger partial charge in [-0.3, -0.25) is 4.79 Å². The van der Waals surface area contributed by atoms with Crippen molar-refractivity contribution < 1.29 is 9.53 Å². The van der Waals surface area contributed by atoms with E-state index in [0.717, 1.165) is 42.7 Å². The van der Waals surface area contributed by atoms with Crippen molar-refractivity contribution in [2.45, 2.75) is 52.9 Å². The van der Waals surface area contributed by atoms with Gasteiger partial charge in [0, 0.05) is 6.42 Å². The number of hydrogen-bond acceptors (Lipinski definition) is 2. The second-order valence-corrected chi connectivity index (χ2v) is 4.65. The van der Waals surface area contributed by atoms with Crippen LogP contribution in [-0.4, -0.2) is 12.5 Å². The van der Waals surface area contributed by atoms with Gasteiger partial charge in [0.15, 0.2) is 0 Å². The van der Waals surface area contributed by atoms with Crippen LogP contribution in [0.2, 0.25) is 0 Å². The number of ether oxygens (including phenoxy) is 1. The first-order chi connectivity index (χ1) is 9.22. The van der Waals surface area contributed by atoms with E-state index in [1.54, 1.807) is 0 Å². The lowest BCUT2D eigenvalue weighted by Crippen LogP contribution is -2.13. The van der Waals surface area contributed by atoms with Crippen LogP contribution in [0.4, 0.5) is 5.69 Å². The number of para-hydroxylation sites is 1. The monoisotopic (exact) mass is 263 g/mol. The first-order valence-corrected chi connectivity index (χ1v) is 7.27. The van der Waals surface area contributed by atoms with Crippen LogP contribution >= 0.6 is 0 Å². The lowest BCUT2D eigenvalue weighted by Gasteiger charge is -2.15. The van der Waals surface area contributed by atoms with Crippen molar-refractivity contribution in [2.75, 3.05) is 11.9 Å². The van der Waals surface area contributed by atoms with E-state index in [1.165, 1.54) is 0 Å². The predicted octanol–water partition coefficient (Wildman–Crippen LogP) is 4.17. The Kier molecular flexibility index (Phi) is 7.01. The summed E-state index contributed by atoms with van der Waals surface area (Å²) in [5.41, 5.74) is 1.94. The Morgan fingerprint density at radius 2 is 2.00 bits per heavy atom. The van der Waals surface area contributed by atoms with Crippen LogP contribution in [-0.2, 0) is 11.2 Å². The maximum absolute atomic E-state index is 11.7. The van der Waals surface area contributed by atoms with E-state index in [0.29, 0.717) is 13.0 Å². The Morgan fingerprint density at radius 1 is 1.21 bits per heavy atom. The number of amides is 1. The Hall–Kier alpha value is -1.51. The van der Waals surface area contributed by atoms with E-state index < -0.39 is 0 Å². The van der Waals surface area contributed by atoms with Gasteiger partial charge in [-0.15, -0.1) is 0 Å². The lowest BCUT2D eigenvalue weighted by atomic mass is 10.1. The molecule has 1 N–H and O–H groups in total. The van der Waals surface area contributed by atoms with Gasteiger partial charge in [0.25, 0.3) is 0 Å². The molecule has 1 amide bonds. The average molecular weight is 263 g/mol. The number of aryl methyl sites for hydroxylation is 1. The molecule has 0 aliphatic heterocycles. The summed E-state index contributed by atoms with van der Waals surface area (Å²) in [5, 5.41) is 2.95. The Labute approximate surface area is 116 Å². The minimum absolute atomic E-state index is 0.0519. The highest BCUT2D eigenvalue weighted by Gasteiger charge is 2.11. The molecule has 0 saturated heterocycles. The van der Waals surface area contributed by atoms with Crippen LogP contribution in [0.1, 0.15) is 52.0 Å². The van der Waals surface area contributed by atoms with Crippen molar-refractivity contribution >= 4 is 11.6 Å². The normalized spacial score (nSPS) is 10.3. The largest absolute Gasteiger partial charge is 0.491 e. The molecule has 0 atom stereocenters. The zero-order chi connectivity index (χ0) is 14.1. The highest BCUT2D eigenvalue weighted by atomic mass is 16.5. The van der Waals surface area contributed by atoms with E-state index >= 15 is 0 Å². The molecule has 0 radical (unpaired) electrons. The quantitative estimate of drug-likeness (QED) is 0.715. The molecule has 0 aliphatic rings. The zero-order valence-corrected chi connectivity index (χ0v) is 12.3. The van der Waals surface area contributed by atoms with Crippen LogP contribution in [0.25, 0.3) is 0 Å². The van der Waals surface area contributed by atoms with Gasteiger partial charge in [-0.1, -0.05) is 39.3 Å². The molecule has 0 aromatic heterocycles. The molecule has 0 saturated carbocycles. The van der Waals surface area contributed by atoms with E-state index in [2.05, 4.69) is 25.2 Å². The van der Waals surface area contributed by atoms with Crippen molar-refractivity contribution in [2.24, 2.45) is 0 Å². The summed E-state index contributed by atoms with van der Waals surface area (Å²) in [5.74, 6) is 0.888. The topological polar surface area (TPSA) is 38.3 Å². The van der Waals surface area contributed by atoms with Gasteiger partial charge in [-0.05, 0) is 30.9 Å².